The van der Waals surface area contributed by atoms with Crippen LogP contribution in [0.3, 0.4) is 0 Å². The number of carbonyl (C=O) groups is 1. The van der Waals surface area contributed by atoms with E-state index in [1.165, 1.54) is 18.7 Å². The van der Waals surface area contributed by atoms with Gasteiger partial charge in [-0.3, -0.25) is 14.3 Å². The fourth-order valence-electron chi connectivity index (χ4n) is 3.10. The smallest absolute Gasteiger partial charge is 0.358 e. The molecule has 1 aromatic carbocycles. The van der Waals surface area contributed by atoms with E-state index in [0.717, 1.165) is 11.3 Å². The molecule has 0 bridgehead atoms. The van der Waals surface area contributed by atoms with E-state index in [1.807, 2.05) is 48.5 Å². The summed E-state index contributed by atoms with van der Waals surface area (Å²) in [5.74, 6) is -1.46. The Morgan fingerprint density at radius 2 is 1.86 bits per heavy atom. The molecule has 8 nitrogen and oxygen atoms in total. The normalized spacial score (nSPS) is 11.7. The molecule has 1 atom stereocenters. The Balaban J connectivity index is 2.21. The molecule has 28 heavy (non-hydrogen) atoms. The van der Waals surface area contributed by atoms with Crippen molar-refractivity contribution in [1.82, 2.24) is 14.5 Å². The Morgan fingerprint density at radius 1 is 1.18 bits per heavy atom. The molecule has 2 heterocycles. The van der Waals surface area contributed by atoms with Crippen LogP contribution in [0.5, 0.6) is 5.75 Å². The zero-order chi connectivity index (χ0) is 20.3. The molecule has 3 rings (SSSR count). The van der Waals surface area contributed by atoms with Crippen LogP contribution < -0.4 is 15.2 Å². The fourth-order valence-corrected chi connectivity index (χ4v) is 3.10. The first-order chi connectivity index (χ1) is 13.5. The van der Waals surface area contributed by atoms with Crippen molar-refractivity contribution in [2.24, 2.45) is 7.05 Å². The van der Waals surface area contributed by atoms with E-state index < -0.39 is 17.2 Å². The van der Waals surface area contributed by atoms with Crippen LogP contribution in [-0.4, -0.2) is 39.8 Å². The predicted octanol–water partition coefficient (Wildman–Crippen LogP) is 2.11. The number of benzene rings is 1. The van der Waals surface area contributed by atoms with Crippen molar-refractivity contribution >= 4 is 11.9 Å². The second kappa shape index (κ2) is 7.91. The van der Waals surface area contributed by atoms with Crippen molar-refractivity contribution in [3.63, 3.8) is 0 Å². The molecule has 1 N–H and O–H groups in total. The zero-order valence-corrected chi connectivity index (χ0v) is 15.7. The number of carboxylic acids is 1. The summed E-state index contributed by atoms with van der Waals surface area (Å²) in [6.45, 7) is 0. The first kappa shape index (κ1) is 19.1. The number of pyridine rings is 1. The van der Waals surface area contributed by atoms with Gasteiger partial charge >= 0.3 is 5.97 Å². The standard InChI is InChI=1S/C20H20N4O4/c1-23(20-22-15(19(26)27)17(28-3)18(25)24(20)2)16(13-9-5-4-6-10-13)14-11-7-8-12-21-14/h4-12,16H,1-3H3,(H,26,27). The van der Waals surface area contributed by atoms with Crippen LogP contribution >= 0.6 is 0 Å². The highest BCUT2D eigenvalue weighted by atomic mass is 16.5. The second-order valence-electron chi connectivity index (χ2n) is 6.14. The zero-order valence-electron chi connectivity index (χ0n) is 15.7. The van der Waals surface area contributed by atoms with Gasteiger partial charge in [0.25, 0.3) is 5.56 Å². The molecule has 0 fully saturated rings. The highest BCUT2D eigenvalue weighted by Crippen LogP contribution is 2.29. The summed E-state index contributed by atoms with van der Waals surface area (Å²) < 4.78 is 6.24. The average Bonchev–Trinajstić information content (AvgIpc) is 2.71. The van der Waals surface area contributed by atoms with E-state index in [1.54, 1.807) is 18.1 Å². The van der Waals surface area contributed by atoms with Crippen LogP contribution in [-0.2, 0) is 7.05 Å². The van der Waals surface area contributed by atoms with Crippen molar-refractivity contribution in [2.75, 3.05) is 19.1 Å². The molecule has 0 aliphatic carbocycles. The van der Waals surface area contributed by atoms with Gasteiger partial charge in [0, 0.05) is 20.3 Å². The van der Waals surface area contributed by atoms with Crippen molar-refractivity contribution in [3.8, 4) is 5.75 Å². The van der Waals surface area contributed by atoms with Crippen LogP contribution in [0, 0.1) is 0 Å². The number of aromatic carboxylic acids is 1. The lowest BCUT2D eigenvalue weighted by molar-refractivity contribution is 0.0685. The van der Waals surface area contributed by atoms with Crippen LogP contribution in [0.25, 0.3) is 0 Å². The predicted molar refractivity (Wildman–Crippen MR) is 104 cm³/mol. The number of methoxy groups -OCH3 is 1. The van der Waals surface area contributed by atoms with Gasteiger partial charge in [-0.15, -0.1) is 0 Å². The van der Waals surface area contributed by atoms with E-state index in [0.29, 0.717) is 0 Å². The maximum atomic E-state index is 12.6. The van der Waals surface area contributed by atoms with Crippen LogP contribution in [0.2, 0.25) is 0 Å². The van der Waals surface area contributed by atoms with Gasteiger partial charge in [-0.05, 0) is 17.7 Å². The molecule has 0 spiro atoms. The molecule has 0 saturated carbocycles. The topological polar surface area (TPSA) is 97.6 Å². The molecule has 2 aromatic heterocycles. The fraction of sp³-hybridized carbons (Fsp3) is 0.200. The minimum atomic E-state index is -1.33. The number of carboxylic acid groups (broad SMARTS) is 1. The third-order valence-corrected chi connectivity index (χ3v) is 4.42. The quantitative estimate of drug-likeness (QED) is 0.699. The van der Waals surface area contributed by atoms with Crippen molar-refractivity contribution in [3.05, 3.63) is 82.0 Å². The first-order valence-corrected chi connectivity index (χ1v) is 8.52. The Bertz CT molecular complexity index is 996. The van der Waals surface area contributed by atoms with Gasteiger partial charge < -0.3 is 14.7 Å². The molecular weight excluding hydrogens is 360 g/mol. The van der Waals surface area contributed by atoms with Crippen LogP contribution in [0.15, 0.2) is 59.5 Å². The van der Waals surface area contributed by atoms with Crippen molar-refractivity contribution < 1.29 is 14.6 Å². The molecule has 1 unspecified atom stereocenters. The van der Waals surface area contributed by atoms with E-state index in [-0.39, 0.29) is 17.7 Å². The molecule has 0 aliphatic rings. The Labute approximate surface area is 161 Å². The monoisotopic (exact) mass is 380 g/mol. The number of aromatic nitrogens is 3. The summed E-state index contributed by atoms with van der Waals surface area (Å²) in [7, 11) is 4.51. The summed E-state index contributed by atoms with van der Waals surface area (Å²) in [6.07, 6.45) is 1.68. The van der Waals surface area contributed by atoms with Gasteiger partial charge in [0.1, 0.15) is 0 Å². The van der Waals surface area contributed by atoms with Crippen LogP contribution in [0.1, 0.15) is 27.8 Å². The maximum Gasteiger partial charge on any atom is 0.358 e. The lowest BCUT2D eigenvalue weighted by atomic mass is 10.0. The number of hydrogen-bond acceptors (Lipinski definition) is 6. The summed E-state index contributed by atoms with van der Waals surface area (Å²) in [5.41, 5.74) is 0.647. The average molecular weight is 380 g/mol. The molecule has 0 radical (unpaired) electrons. The van der Waals surface area contributed by atoms with Crippen molar-refractivity contribution in [2.45, 2.75) is 6.04 Å². The molecule has 8 heteroatoms. The van der Waals surface area contributed by atoms with Gasteiger partial charge in [0.2, 0.25) is 11.7 Å². The number of hydrogen-bond donors (Lipinski definition) is 1. The summed E-state index contributed by atoms with van der Waals surface area (Å²) in [5, 5.41) is 9.47. The molecule has 3 aromatic rings. The van der Waals surface area contributed by atoms with E-state index in [9.17, 15) is 14.7 Å². The van der Waals surface area contributed by atoms with E-state index >= 15 is 0 Å². The number of rotatable bonds is 6. The summed E-state index contributed by atoms with van der Waals surface area (Å²) >= 11 is 0. The maximum absolute atomic E-state index is 12.6. The Morgan fingerprint density at radius 3 is 2.43 bits per heavy atom. The summed E-state index contributed by atoms with van der Waals surface area (Å²) in [4.78, 5) is 34.6. The lowest BCUT2D eigenvalue weighted by Gasteiger charge is -2.30. The SMILES string of the molecule is COc1c(C(=O)O)nc(N(C)C(c2ccccc2)c2ccccn2)n(C)c1=O. The van der Waals surface area contributed by atoms with E-state index in [4.69, 9.17) is 4.74 Å². The van der Waals surface area contributed by atoms with E-state index in [2.05, 4.69) is 9.97 Å². The number of ether oxygens (including phenoxy) is 1. The van der Waals surface area contributed by atoms with Crippen LogP contribution in [0.4, 0.5) is 5.95 Å². The molecule has 0 amide bonds. The molecule has 0 aliphatic heterocycles. The van der Waals surface area contributed by atoms with Gasteiger partial charge in [0.05, 0.1) is 18.8 Å². The number of anilines is 1. The van der Waals surface area contributed by atoms with Gasteiger partial charge in [-0.1, -0.05) is 36.4 Å². The molecule has 144 valence electrons. The minimum absolute atomic E-state index is 0.183. The minimum Gasteiger partial charge on any atom is -0.489 e. The third-order valence-electron chi connectivity index (χ3n) is 4.42. The summed E-state index contributed by atoms with van der Waals surface area (Å²) in [6, 6.07) is 14.8. The number of nitrogens with zero attached hydrogens (tertiary/aromatic N) is 4. The van der Waals surface area contributed by atoms with Crippen molar-refractivity contribution in [1.29, 1.82) is 0 Å². The van der Waals surface area contributed by atoms with Gasteiger partial charge in [-0.2, -0.15) is 0 Å². The third kappa shape index (κ3) is 3.44. The highest BCUT2D eigenvalue weighted by Gasteiger charge is 2.27. The van der Waals surface area contributed by atoms with Gasteiger partial charge in [-0.25, -0.2) is 9.78 Å². The molecule has 0 saturated heterocycles. The molecular formula is C20H20N4O4. The first-order valence-electron chi connectivity index (χ1n) is 8.52. The Hall–Kier alpha value is -3.68. The Kier molecular flexibility index (Phi) is 5.39. The van der Waals surface area contributed by atoms with Gasteiger partial charge in [0.15, 0.2) is 5.69 Å². The lowest BCUT2D eigenvalue weighted by Crippen LogP contribution is -2.34. The largest absolute Gasteiger partial charge is 0.489 e. The highest BCUT2D eigenvalue weighted by molar-refractivity contribution is 5.88. The second-order valence-corrected chi connectivity index (χ2v) is 6.14.